The second-order valence-corrected chi connectivity index (χ2v) is 4.58. The van der Waals surface area contributed by atoms with Crippen molar-refractivity contribution in [2.24, 2.45) is 0 Å². The molecule has 0 amide bonds. The average Bonchev–Trinajstić information content (AvgIpc) is 2.13. The van der Waals surface area contributed by atoms with Gasteiger partial charge in [0.1, 0.15) is 0 Å². The first-order chi connectivity index (χ1) is 6.84. The van der Waals surface area contributed by atoms with Crippen molar-refractivity contribution < 1.29 is 0 Å². The highest BCUT2D eigenvalue weighted by Crippen LogP contribution is 2.20. The van der Waals surface area contributed by atoms with Crippen LogP contribution in [-0.2, 0) is 0 Å². The molecule has 1 aliphatic carbocycles. The lowest BCUT2D eigenvalue weighted by atomic mass is 9.96. The molecule has 1 aliphatic rings. The first kappa shape index (κ1) is 12.0. The fourth-order valence-electron chi connectivity index (χ4n) is 2.35. The van der Waals surface area contributed by atoms with Gasteiger partial charge >= 0.3 is 0 Å². The molecule has 0 aliphatic heterocycles. The van der Waals surface area contributed by atoms with Crippen LogP contribution in [0, 0.1) is 0 Å². The first-order valence-electron chi connectivity index (χ1n) is 6.19. The van der Waals surface area contributed by atoms with Gasteiger partial charge in [-0.05, 0) is 26.9 Å². The summed E-state index contributed by atoms with van der Waals surface area (Å²) in [6.45, 7) is 2.31. The molecule has 0 unspecified atom stereocenters. The minimum absolute atomic E-state index is 0.851. The largest absolute Gasteiger partial charge is 0.318 e. The molecule has 2 heteroatoms. The minimum atomic E-state index is 0.851. The fourth-order valence-corrected chi connectivity index (χ4v) is 2.35. The number of nitrogens with zero attached hydrogens (tertiary/aromatic N) is 1. The van der Waals surface area contributed by atoms with E-state index >= 15 is 0 Å². The number of nitrogens with one attached hydrogen (secondary N) is 1. The van der Waals surface area contributed by atoms with Crippen LogP contribution < -0.4 is 5.32 Å². The third-order valence-electron chi connectivity index (χ3n) is 3.41. The molecule has 0 aromatic rings. The van der Waals surface area contributed by atoms with Gasteiger partial charge in [0.2, 0.25) is 0 Å². The monoisotopic (exact) mass is 198 g/mol. The lowest BCUT2D eigenvalue weighted by Gasteiger charge is -2.29. The van der Waals surface area contributed by atoms with Crippen molar-refractivity contribution in [2.45, 2.75) is 51.0 Å². The molecule has 1 N–H and O–H groups in total. The molecule has 0 heterocycles. The van der Waals surface area contributed by atoms with Gasteiger partial charge in [0.05, 0.1) is 0 Å². The standard InChI is InChI=1S/C12H26N2/c1-13-10-11-14(2)12-8-6-4-3-5-7-9-12/h12-13H,3-11H2,1-2H3. The Morgan fingerprint density at radius 3 is 2.21 bits per heavy atom. The molecule has 0 atom stereocenters. The van der Waals surface area contributed by atoms with Crippen molar-refractivity contribution in [3.63, 3.8) is 0 Å². The second-order valence-electron chi connectivity index (χ2n) is 4.58. The maximum Gasteiger partial charge on any atom is 0.0107 e. The topological polar surface area (TPSA) is 15.3 Å². The van der Waals surface area contributed by atoms with Crippen molar-refractivity contribution >= 4 is 0 Å². The van der Waals surface area contributed by atoms with E-state index < -0.39 is 0 Å². The Balaban J connectivity index is 2.23. The van der Waals surface area contributed by atoms with Gasteiger partial charge < -0.3 is 10.2 Å². The molecule has 1 fully saturated rings. The van der Waals surface area contributed by atoms with Crippen LogP contribution in [0.5, 0.6) is 0 Å². The van der Waals surface area contributed by atoms with Gasteiger partial charge in [-0.25, -0.2) is 0 Å². The van der Waals surface area contributed by atoms with Crippen LogP contribution in [0.15, 0.2) is 0 Å². The van der Waals surface area contributed by atoms with E-state index in [1.54, 1.807) is 0 Å². The third kappa shape index (κ3) is 4.43. The summed E-state index contributed by atoms with van der Waals surface area (Å²) in [5, 5.41) is 3.22. The normalized spacial score (nSPS) is 20.8. The average molecular weight is 198 g/mol. The Hall–Kier alpha value is -0.0800. The van der Waals surface area contributed by atoms with Gasteiger partial charge in [-0.1, -0.05) is 32.1 Å². The van der Waals surface area contributed by atoms with Crippen LogP contribution >= 0.6 is 0 Å². The van der Waals surface area contributed by atoms with E-state index in [9.17, 15) is 0 Å². The lowest BCUT2D eigenvalue weighted by Crippen LogP contribution is -2.36. The van der Waals surface area contributed by atoms with Crippen LogP contribution in [-0.4, -0.2) is 38.1 Å². The van der Waals surface area contributed by atoms with Crippen molar-refractivity contribution in [3.8, 4) is 0 Å². The van der Waals surface area contributed by atoms with Crippen molar-refractivity contribution in [1.29, 1.82) is 0 Å². The maximum absolute atomic E-state index is 3.22. The molecule has 0 aromatic heterocycles. The molecular weight excluding hydrogens is 172 g/mol. The Kier molecular flexibility index (Phi) is 6.20. The van der Waals surface area contributed by atoms with Crippen LogP contribution in [0.2, 0.25) is 0 Å². The molecule has 0 aromatic carbocycles. The summed E-state index contributed by atoms with van der Waals surface area (Å²) < 4.78 is 0. The van der Waals surface area contributed by atoms with Crippen molar-refractivity contribution in [3.05, 3.63) is 0 Å². The Labute approximate surface area is 89.1 Å². The van der Waals surface area contributed by atoms with E-state index in [1.165, 1.54) is 51.5 Å². The third-order valence-corrected chi connectivity index (χ3v) is 3.41. The summed E-state index contributed by atoms with van der Waals surface area (Å²) in [5.74, 6) is 0. The molecule has 0 radical (unpaired) electrons. The molecular formula is C12H26N2. The number of hydrogen-bond donors (Lipinski definition) is 1. The lowest BCUT2D eigenvalue weighted by molar-refractivity contribution is 0.205. The molecule has 84 valence electrons. The molecule has 14 heavy (non-hydrogen) atoms. The Morgan fingerprint density at radius 1 is 1.07 bits per heavy atom. The minimum Gasteiger partial charge on any atom is -0.318 e. The first-order valence-corrected chi connectivity index (χ1v) is 6.19. The highest BCUT2D eigenvalue weighted by molar-refractivity contribution is 4.71. The zero-order chi connectivity index (χ0) is 10.2. The van der Waals surface area contributed by atoms with Crippen LogP contribution in [0.4, 0.5) is 0 Å². The number of hydrogen-bond acceptors (Lipinski definition) is 2. The van der Waals surface area contributed by atoms with Gasteiger partial charge in [0, 0.05) is 19.1 Å². The van der Waals surface area contributed by atoms with Crippen LogP contribution in [0.25, 0.3) is 0 Å². The predicted octanol–water partition coefficient (Wildman–Crippen LogP) is 2.25. The van der Waals surface area contributed by atoms with Gasteiger partial charge in [0.15, 0.2) is 0 Å². The molecule has 1 saturated carbocycles. The van der Waals surface area contributed by atoms with E-state index in [-0.39, 0.29) is 0 Å². The fraction of sp³-hybridized carbons (Fsp3) is 1.00. The van der Waals surface area contributed by atoms with Gasteiger partial charge in [-0.15, -0.1) is 0 Å². The van der Waals surface area contributed by atoms with Gasteiger partial charge in [-0.2, -0.15) is 0 Å². The molecule has 1 rings (SSSR count). The summed E-state index contributed by atoms with van der Waals surface area (Å²) in [4.78, 5) is 2.54. The van der Waals surface area contributed by atoms with Crippen molar-refractivity contribution in [2.75, 3.05) is 27.2 Å². The molecule has 2 nitrogen and oxygen atoms in total. The Bertz CT molecular complexity index is 128. The summed E-state index contributed by atoms with van der Waals surface area (Å²) in [6.07, 6.45) is 10.1. The highest BCUT2D eigenvalue weighted by atomic mass is 15.1. The quantitative estimate of drug-likeness (QED) is 0.745. The molecule has 0 spiro atoms. The maximum atomic E-state index is 3.22. The molecule has 0 bridgehead atoms. The van der Waals surface area contributed by atoms with Gasteiger partial charge in [0.25, 0.3) is 0 Å². The summed E-state index contributed by atoms with van der Waals surface area (Å²) >= 11 is 0. The van der Waals surface area contributed by atoms with E-state index in [0.29, 0.717) is 0 Å². The summed E-state index contributed by atoms with van der Waals surface area (Å²) in [5.41, 5.74) is 0. The van der Waals surface area contributed by atoms with E-state index in [4.69, 9.17) is 0 Å². The second kappa shape index (κ2) is 7.24. The van der Waals surface area contributed by atoms with Crippen LogP contribution in [0.3, 0.4) is 0 Å². The SMILES string of the molecule is CNCCN(C)C1CCCCCCC1. The summed E-state index contributed by atoms with van der Waals surface area (Å²) in [6, 6.07) is 0.851. The van der Waals surface area contributed by atoms with E-state index in [0.717, 1.165) is 12.6 Å². The van der Waals surface area contributed by atoms with E-state index in [2.05, 4.69) is 17.3 Å². The molecule has 0 saturated heterocycles. The van der Waals surface area contributed by atoms with Crippen LogP contribution in [0.1, 0.15) is 44.9 Å². The summed E-state index contributed by atoms with van der Waals surface area (Å²) in [7, 11) is 4.32. The highest BCUT2D eigenvalue weighted by Gasteiger charge is 2.15. The zero-order valence-electron chi connectivity index (χ0n) is 9.89. The van der Waals surface area contributed by atoms with E-state index in [1.807, 2.05) is 7.05 Å². The predicted molar refractivity (Wildman–Crippen MR) is 62.7 cm³/mol. The Morgan fingerprint density at radius 2 is 1.64 bits per heavy atom. The van der Waals surface area contributed by atoms with Gasteiger partial charge in [-0.3, -0.25) is 0 Å². The smallest absolute Gasteiger partial charge is 0.0107 e. The van der Waals surface area contributed by atoms with Crippen molar-refractivity contribution in [1.82, 2.24) is 10.2 Å². The number of likely N-dealkylation sites (N-methyl/N-ethyl adjacent to an activating group) is 2. The number of rotatable bonds is 4. The zero-order valence-corrected chi connectivity index (χ0v) is 9.89.